The second-order valence-electron chi connectivity index (χ2n) is 4.75. The van der Waals surface area contributed by atoms with Crippen LogP contribution >= 0.6 is 0 Å². The summed E-state index contributed by atoms with van der Waals surface area (Å²) in [5, 5.41) is 3.60. The van der Waals surface area contributed by atoms with E-state index in [0.29, 0.717) is 6.04 Å². The summed E-state index contributed by atoms with van der Waals surface area (Å²) in [5.41, 5.74) is 2.70. The minimum Gasteiger partial charge on any atom is -0.308 e. The molecule has 3 nitrogen and oxygen atoms in total. The Bertz CT molecular complexity index is 336. The highest BCUT2D eigenvalue weighted by Gasteiger charge is 2.20. The fourth-order valence-electron chi connectivity index (χ4n) is 2.27. The highest BCUT2D eigenvalue weighted by atomic mass is 15.1. The summed E-state index contributed by atoms with van der Waals surface area (Å²) in [6.45, 7) is 2.12. The topological polar surface area (TPSA) is 28.2 Å². The van der Waals surface area contributed by atoms with Crippen molar-refractivity contribution in [1.29, 1.82) is 0 Å². The van der Waals surface area contributed by atoms with Gasteiger partial charge < -0.3 is 10.2 Å². The zero-order valence-electron chi connectivity index (χ0n) is 10.2. The highest BCUT2D eigenvalue weighted by Crippen LogP contribution is 2.27. The Morgan fingerprint density at radius 3 is 3.19 bits per heavy atom. The Balaban J connectivity index is 1.96. The average Bonchev–Trinajstić information content (AvgIpc) is 2.29. The molecule has 0 bridgehead atoms. The van der Waals surface area contributed by atoms with E-state index in [0.717, 1.165) is 13.1 Å². The van der Waals surface area contributed by atoms with Gasteiger partial charge in [-0.15, -0.1) is 0 Å². The van der Waals surface area contributed by atoms with Gasteiger partial charge in [-0.05, 0) is 45.0 Å². The van der Waals surface area contributed by atoms with Gasteiger partial charge in [0.25, 0.3) is 0 Å². The quantitative estimate of drug-likeness (QED) is 0.834. The number of hydrogen-bond acceptors (Lipinski definition) is 3. The smallest absolute Gasteiger partial charge is 0.0605 e. The van der Waals surface area contributed by atoms with Crippen LogP contribution in [0.5, 0.6) is 0 Å². The Morgan fingerprint density at radius 1 is 1.50 bits per heavy atom. The summed E-state index contributed by atoms with van der Waals surface area (Å²) >= 11 is 0. The molecule has 16 heavy (non-hydrogen) atoms. The van der Waals surface area contributed by atoms with E-state index >= 15 is 0 Å². The summed E-state index contributed by atoms with van der Waals surface area (Å²) in [6.07, 6.45) is 5.59. The molecule has 0 amide bonds. The number of hydrogen-bond donors (Lipinski definition) is 1. The first-order chi connectivity index (χ1) is 7.77. The molecule has 2 rings (SSSR count). The molecule has 0 saturated heterocycles. The number of rotatable bonds is 4. The van der Waals surface area contributed by atoms with Crippen LogP contribution in [0.25, 0.3) is 0 Å². The number of aryl methyl sites for hydroxylation is 1. The Hall–Kier alpha value is -0.930. The van der Waals surface area contributed by atoms with Crippen molar-refractivity contribution in [3.05, 3.63) is 29.6 Å². The van der Waals surface area contributed by atoms with E-state index in [9.17, 15) is 0 Å². The van der Waals surface area contributed by atoms with Gasteiger partial charge in [0.05, 0.1) is 5.69 Å². The number of likely N-dealkylation sites (N-methyl/N-ethyl adjacent to an activating group) is 1. The first-order valence-electron chi connectivity index (χ1n) is 6.09. The van der Waals surface area contributed by atoms with Crippen molar-refractivity contribution in [3.8, 4) is 0 Å². The number of aromatic nitrogens is 1. The predicted octanol–water partition coefficient (Wildman–Crippen LogP) is 1.61. The van der Waals surface area contributed by atoms with Crippen LogP contribution in [0.3, 0.4) is 0 Å². The fourth-order valence-corrected chi connectivity index (χ4v) is 2.27. The molecule has 0 radical (unpaired) electrons. The summed E-state index contributed by atoms with van der Waals surface area (Å²) in [6, 6.07) is 4.72. The van der Waals surface area contributed by atoms with Crippen molar-refractivity contribution in [1.82, 2.24) is 15.2 Å². The van der Waals surface area contributed by atoms with E-state index in [4.69, 9.17) is 0 Å². The zero-order valence-corrected chi connectivity index (χ0v) is 10.2. The lowest BCUT2D eigenvalue weighted by atomic mass is 9.92. The molecule has 1 aromatic rings. The second-order valence-corrected chi connectivity index (χ2v) is 4.75. The third-order valence-electron chi connectivity index (χ3n) is 3.14. The maximum atomic E-state index is 4.52. The molecule has 88 valence electrons. The van der Waals surface area contributed by atoms with Crippen LogP contribution in [0.15, 0.2) is 18.3 Å². The van der Waals surface area contributed by atoms with E-state index in [1.165, 1.54) is 30.5 Å². The first-order valence-corrected chi connectivity index (χ1v) is 6.09. The van der Waals surface area contributed by atoms with Gasteiger partial charge in [0.1, 0.15) is 0 Å². The lowest BCUT2D eigenvalue weighted by Gasteiger charge is -2.25. The largest absolute Gasteiger partial charge is 0.308 e. The van der Waals surface area contributed by atoms with Crippen LogP contribution in [0.4, 0.5) is 0 Å². The minimum absolute atomic E-state index is 0.463. The van der Waals surface area contributed by atoms with Crippen LogP contribution in [0.2, 0.25) is 0 Å². The van der Waals surface area contributed by atoms with Gasteiger partial charge >= 0.3 is 0 Å². The maximum absolute atomic E-state index is 4.52. The summed E-state index contributed by atoms with van der Waals surface area (Å²) in [5.74, 6) is 0. The molecule has 0 saturated carbocycles. The van der Waals surface area contributed by atoms with Crippen LogP contribution in [-0.2, 0) is 6.42 Å². The molecular formula is C13H21N3. The lowest BCUT2D eigenvalue weighted by Crippen LogP contribution is -2.32. The number of pyridine rings is 1. The molecule has 0 fully saturated rings. The predicted molar refractivity (Wildman–Crippen MR) is 66.5 cm³/mol. The van der Waals surface area contributed by atoms with Crippen molar-refractivity contribution in [3.63, 3.8) is 0 Å². The van der Waals surface area contributed by atoms with E-state index < -0.39 is 0 Å². The van der Waals surface area contributed by atoms with E-state index in [1.807, 2.05) is 12.3 Å². The van der Waals surface area contributed by atoms with Crippen LogP contribution in [0.1, 0.15) is 30.1 Å². The molecule has 0 spiro atoms. The standard InChI is InChI=1S/C13H21N3/c1-16(2)10-9-14-12-7-3-5-11-6-4-8-15-13(11)12/h4,6,8,12,14H,3,5,7,9-10H2,1-2H3. The normalized spacial score (nSPS) is 19.8. The summed E-state index contributed by atoms with van der Waals surface area (Å²) in [7, 11) is 4.21. The lowest BCUT2D eigenvalue weighted by molar-refractivity contribution is 0.369. The number of nitrogens with one attached hydrogen (secondary N) is 1. The molecule has 1 aromatic heterocycles. The fraction of sp³-hybridized carbons (Fsp3) is 0.615. The Morgan fingerprint density at radius 2 is 2.38 bits per heavy atom. The third-order valence-corrected chi connectivity index (χ3v) is 3.14. The van der Waals surface area contributed by atoms with Gasteiger partial charge in [0.2, 0.25) is 0 Å². The minimum atomic E-state index is 0.463. The van der Waals surface area contributed by atoms with E-state index in [-0.39, 0.29) is 0 Å². The van der Waals surface area contributed by atoms with Gasteiger partial charge in [0, 0.05) is 25.3 Å². The molecule has 3 heteroatoms. The van der Waals surface area contributed by atoms with E-state index in [1.54, 1.807) is 0 Å². The van der Waals surface area contributed by atoms with Gasteiger partial charge in [-0.2, -0.15) is 0 Å². The van der Waals surface area contributed by atoms with Crippen LogP contribution in [0, 0.1) is 0 Å². The van der Waals surface area contributed by atoms with Crippen molar-refractivity contribution >= 4 is 0 Å². The van der Waals surface area contributed by atoms with Crippen LogP contribution in [-0.4, -0.2) is 37.1 Å². The third kappa shape index (κ3) is 2.80. The summed E-state index contributed by atoms with van der Waals surface area (Å²) in [4.78, 5) is 6.73. The van der Waals surface area contributed by atoms with Gasteiger partial charge in [-0.3, -0.25) is 4.98 Å². The van der Waals surface area contributed by atoms with Crippen LogP contribution < -0.4 is 5.32 Å². The molecule has 1 N–H and O–H groups in total. The monoisotopic (exact) mass is 219 g/mol. The number of fused-ring (bicyclic) bond motifs is 1. The van der Waals surface area contributed by atoms with Crippen molar-refractivity contribution < 1.29 is 0 Å². The Labute approximate surface area is 97.9 Å². The van der Waals surface area contributed by atoms with Gasteiger partial charge in [-0.25, -0.2) is 0 Å². The van der Waals surface area contributed by atoms with Gasteiger partial charge in [0.15, 0.2) is 0 Å². The highest BCUT2D eigenvalue weighted by molar-refractivity contribution is 5.25. The Kier molecular flexibility index (Phi) is 3.91. The zero-order chi connectivity index (χ0) is 11.4. The first kappa shape index (κ1) is 11.6. The van der Waals surface area contributed by atoms with Crippen molar-refractivity contribution in [2.75, 3.05) is 27.2 Å². The molecule has 1 aliphatic rings. The average molecular weight is 219 g/mol. The van der Waals surface area contributed by atoms with Crippen molar-refractivity contribution in [2.24, 2.45) is 0 Å². The van der Waals surface area contributed by atoms with Gasteiger partial charge in [-0.1, -0.05) is 6.07 Å². The molecule has 0 aliphatic heterocycles. The molecular weight excluding hydrogens is 198 g/mol. The number of nitrogens with zero attached hydrogens (tertiary/aromatic N) is 2. The molecule has 1 heterocycles. The second kappa shape index (κ2) is 5.41. The molecule has 0 aromatic carbocycles. The SMILES string of the molecule is CN(C)CCNC1CCCc2cccnc21. The maximum Gasteiger partial charge on any atom is 0.0605 e. The summed E-state index contributed by atoms with van der Waals surface area (Å²) < 4.78 is 0. The van der Waals surface area contributed by atoms with E-state index in [2.05, 4.69) is 35.4 Å². The molecule has 1 aliphatic carbocycles. The molecule has 1 atom stereocenters. The van der Waals surface area contributed by atoms with Crippen molar-refractivity contribution in [2.45, 2.75) is 25.3 Å². The molecule has 1 unspecified atom stereocenters.